The first-order chi connectivity index (χ1) is 9.88. The molecule has 0 unspecified atom stereocenters. The summed E-state index contributed by atoms with van der Waals surface area (Å²) < 4.78 is 13.1. The molecule has 0 saturated carbocycles. The van der Waals surface area contributed by atoms with Gasteiger partial charge in [0, 0.05) is 5.75 Å². The Hall–Kier alpha value is -1.95. The normalized spacial score (nSPS) is 10.7. The molecule has 1 heterocycles. The number of hydrogen-bond acceptors (Lipinski definition) is 4. The number of carboxylic acid groups (broad SMARTS) is 1. The SMILES string of the molecule is Cc1nc(C)c(C(=O)O)c(SCc2ccc(F)cc2C)n1. The first-order valence-electron chi connectivity index (χ1n) is 6.35. The minimum Gasteiger partial charge on any atom is -0.478 e. The van der Waals surface area contributed by atoms with Gasteiger partial charge in [0.1, 0.15) is 22.2 Å². The summed E-state index contributed by atoms with van der Waals surface area (Å²) in [5.41, 5.74) is 2.37. The Balaban J connectivity index is 2.29. The van der Waals surface area contributed by atoms with Crippen LogP contribution in [0.25, 0.3) is 0 Å². The van der Waals surface area contributed by atoms with E-state index in [1.165, 1.54) is 23.9 Å². The Kier molecular flexibility index (Phi) is 4.57. The quantitative estimate of drug-likeness (QED) is 0.691. The van der Waals surface area contributed by atoms with Crippen molar-refractivity contribution in [2.75, 3.05) is 0 Å². The van der Waals surface area contributed by atoms with E-state index in [0.29, 0.717) is 22.3 Å². The fourth-order valence-corrected chi connectivity index (χ4v) is 3.19. The van der Waals surface area contributed by atoms with Gasteiger partial charge in [0.15, 0.2) is 0 Å². The fraction of sp³-hybridized carbons (Fsp3) is 0.267. The Bertz CT molecular complexity index is 704. The Morgan fingerprint density at radius 1 is 1.29 bits per heavy atom. The smallest absolute Gasteiger partial charge is 0.340 e. The van der Waals surface area contributed by atoms with Crippen molar-refractivity contribution in [1.82, 2.24) is 9.97 Å². The molecule has 1 N–H and O–H groups in total. The minimum atomic E-state index is -1.04. The van der Waals surface area contributed by atoms with Crippen molar-refractivity contribution < 1.29 is 14.3 Å². The van der Waals surface area contributed by atoms with E-state index in [-0.39, 0.29) is 11.4 Å². The van der Waals surface area contributed by atoms with Crippen LogP contribution in [-0.4, -0.2) is 21.0 Å². The van der Waals surface area contributed by atoms with E-state index < -0.39 is 5.97 Å². The van der Waals surface area contributed by atoms with E-state index in [9.17, 15) is 14.3 Å². The van der Waals surface area contributed by atoms with Crippen molar-refractivity contribution in [3.63, 3.8) is 0 Å². The molecule has 0 atom stereocenters. The zero-order valence-electron chi connectivity index (χ0n) is 12.0. The number of aryl methyl sites for hydroxylation is 3. The van der Waals surface area contributed by atoms with Gasteiger partial charge in [0.25, 0.3) is 0 Å². The maximum absolute atomic E-state index is 13.1. The summed E-state index contributed by atoms with van der Waals surface area (Å²) >= 11 is 1.32. The largest absolute Gasteiger partial charge is 0.478 e. The monoisotopic (exact) mass is 306 g/mol. The summed E-state index contributed by atoms with van der Waals surface area (Å²) in [4.78, 5) is 19.6. The number of benzene rings is 1. The van der Waals surface area contributed by atoms with Crippen LogP contribution < -0.4 is 0 Å². The summed E-state index contributed by atoms with van der Waals surface area (Å²) in [6.45, 7) is 5.21. The summed E-state index contributed by atoms with van der Waals surface area (Å²) in [6, 6.07) is 4.57. The number of nitrogens with zero attached hydrogens (tertiary/aromatic N) is 2. The average Bonchev–Trinajstić information content (AvgIpc) is 2.36. The minimum absolute atomic E-state index is 0.130. The molecule has 0 bridgehead atoms. The van der Waals surface area contributed by atoms with Crippen molar-refractivity contribution in [2.45, 2.75) is 31.6 Å². The standard InChI is InChI=1S/C15H15FN2O2S/c1-8-6-12(16)5-4-11(8)7-21-14-13(15(19)20)9(2)17-10(3)18-14/h4-6H,7H2,1-3H3,(H,19,20). The van der Waals surface area contributed by atoms with Crippen molar-refractivity contribution in [3.8, 4) is 0 Å². The third kappa shape index (κ3) is 3.58. The molecule has 0 fully saturated rings. The highest BCUT2D eigenvalue weighted by Crippen LogP contribution is 2.27. The lowest BCUT2D eigenvalue weighted by atomic mass is 10.1. The van der Waals surface area contributed by atoms with E-state index in [0.717, 1.165) is 11.1 Å². The number of aromatic nitrogens is 2. The van der Waals surface area contributed by atoms with Gasteiger partial charge in [-0.1, -0.05) is 6.07 Å². The third-order valence-corrected chi connectivity index (χ3v) is 4.08. The molecule has 0 amide bonds. The summed E-state index contributed by atoms with van der Waals surface area (Å²) in [5, 5.41) is 9.72. The first kappa shape index (κ1) is 15.4. The van der Waals surface area contributed by atoms with E-state index in [1.54, 1.807) is 19.9 Å². The Morgan fingerprint density at radius 2 is 2.00 bits per heavy atom. The van der Waals surface area contributed by atoms with Crippen LogP contribution in [-0.2, 0) is 5.75 Å². The van der Waals surface area contributed by atoms with Crippen molar-refractivity contribution in [3.05, 3.63) is 52.2 Å². The molecule has 6 heteroatoms. The van der Waals surface area contributed by atoms with Crippen LogP contribution in [0.15, 0.2) is 23.2 Å². The lowest BCUT2D eigenvalue weighted by Gasteiger charge is -2.10. The van der Waals surface area contributed by atoms with Gasteiger partial charge in [0.05, 0.1) is 5.69 Å². The molecule has 0 aliphatic heterocycles. The van der Waals surface area contributed by atoms with Crippen LogP contribution in [0, 0.1) is 26.6 Å². The number of carbonyl (C=O) groups is 1. The van der Waals surface area contributed by atoms with Gasteiger partial charge in [0.2, 0.25) is 0 Å². The zero-order valence-corrected chi connectivity index (χ0v) is 12.8. The van der Waals surface area contributed by atoms with Crippen molar-refractivity contribution in [2.24, 2.45) is 0 Å². The van der Waals surface area contributed by atoms with Gasteiger partial charge in [-0.2, -0.15) is 0 Å². The summed E-state index contributed by atoms with van der Waals surface area (Å²) in [7, 11) is 0. The van der Waals surface area contributed by atoms with Crippen molar-refractivity contribution >= 4 is 17.7 Å². The first-order valence-corrected chi connectivity index (χ1v) is 7.33. The van der Waals surface area contributed by atoms with Crippen LogP contribution in [0.4, 0.5) is 4.39 Å². The molecule has 0 radical (unpaired) electrons. The topological polar surface area (TPSA) is 63.1 Å². The molecule has 1 aromatic heterocycles. The van der Waals surface area contributed by atoms with E-state index in [2.05, 4.69) is 9.97 Å². The van der Waals surface area contributed by atoms with Gasteiger partial charge < -0.3 is 5.11 Å². The number of hydrogen-bond donors (Lipinski definition) is 1. The molecule has 0 aliphatic carbocycles. The number of thioether (sulfide) groups is 1. The second-order valence-corrected chi connectivity index (χ2v) is 5.67. The molecule has 1 aromatic carbocycles. The fourth-order valence-electron chi connectivity index (χ4n) is 2.00. The predicted molar refractivity (Wildman–Crippen MR) is 79.2 cm³/mol. The molecule has 110 valence electrons. The van der Waals surface area contributed by atoms with Gasteiger partial charge in [-0.15, -0.1) is 11.8 Å². The number of halogens is 1. The van der Waals surface area contributed by atoms with E-state index in [4.69, 9.17) is 0 Å². The molecule has 2 rings (SSSR count). The van der Waals surface area contributed by atoms with Gasteiger partial charge in [-0.25, -0.2) is 19.2 Å². The molecule has 0 aliphatic rings. The van der Waals surface area contributed by atoms with Crippen LogP contribution in [0.3, 0.4) is 0 Å². The maximum atomic E-state index is 13.1. The van der Waals surface area contributed by atoms with E-state index in [1.807, 2.05) is 6.92 Å². The maximum Gasteiger partial charge on any atom is 0.340 e. The zero-order chi connectivity index (χ0) is 15.6. The molecule has 4 nitrogen and oxygen atoms in total. The second kappa shape index (κ2) is 6.22. The highest BCUT2D eigenvalue weighted by Gasteiger charge is 2.17. The van der Waals surface area contributed by atoms with Gasteiger partial charge in [-0.3, -0.25) is 0 Å². The van der Waals surface area contributed by atoms with Crippen LogP contribution >= 0.6 is 11.8 Å². The van der Waals surface area contributed by atoms with Crippen LogP contribution in [0.2, 0.25) is 0 Å². The average molecular weight is 306 g/mol. The van der Waals surface area contributed by atoms with Crippen LogP contribution in [0.1, 0.15) is 33.0 Å². The molecule has 2 aromatic rings. The number of rotatable bonds is 4. The van der Waals surface area contributed by atoms with Gasteiger partial charge >= 0.3 is 5.97 Å². The molecule has 21 heavy (non-hydrogen) atoms. The van der Waals surface area contributed by atoms with E-state index >= 15 is 0 Å². The Morgan fingerprint density at radius 3 is 2.62 bits per heavy atom. The molecular weight excluding hydrogens is 291 g/mol. The summed E-state index contributed by atoms with van der Waals surface area (Å²) in [6.07, 6.45) is 0. The molecule has 0 saturated heterocycles. The summed E-state index contributed by atoms with van der Waals surface area (Å²) in [5.74, 6) is -0.245. The number of carboxylic acids is 1. The van der Waals surface area contributed by atoms with Gasteiger partial charge in [-0.05, 0) is 44.0 Å². The second-order valence-electron chi connectivity index (χ2n) is 4.70. The highest BCUT2D eigenvalue weighted by molar-refractivity contribution is 7.98. The molecular formula is C15H15FN2O2S. The third-order valence-electron chi connectivity index (χ3n) is 3.05. The number of aromatic carboxylic acids is 1. The lowest BCUT2D eigenvalue weighted by molar-refractivity contribution is 0.0690. The molecule has 0 spiro atoms. The van der Waals surface area contributed by atoms with Crippen molar-refractivity contribution in [1.29, 1.82) is 0 Å². The lowest BCUT2D eigenvalue weighted by Crippen LogP contribution is -2.08. The predicted octanol–water partition coefficient (Wildman–Crippen LogP) is 3.53. The Labute approximate surface area is 126 Å². The highest BCUT2D eigenvalue weighted by atomic mass is 32.2. The van der Waals surface area contributed by atoms with Crippen LogP contribution in [0.5, 0.6) is 0 Å².